The van der Waals surface area contributed by atoms with Gasteiger partial charge in [-0.1, -0.05) is 24.6 Å². The van der Waals surface area contributed by atoms with Crippen molar-refractivity contribution in [1.82, 2.24) is 4.90 Å². The summed E-state index contributed by atoms with van der Waals surface area (Å²) in [5.41, 5.74) is 7.29. The highest BCUT2D eigenvalue weighted by Gasteiger charge is 2.21. The van der Waals surface area contributed by atoms with Crippen molar-refractivity contribution in [3.8, 4) is 5.75 Å². The Morgan fingerprint density at radius 3 is 2.67 bits per heavy atom. The number of nitrogens with two attached hydrogens (primary N) is 1. The predicted molar refractivity (Wildman–Crippen MR) is 74.9 cm³/mol. The van der Waals surface area contributed by atoms with Crippen LogP contribution in [-0.4, -0.2) is 37.2 Å². The highest BCUT2D eigenvalue weighted by Crippen LogP contribution is 2.15. The average molecular weight is 248 g/mol. The number of benzene rings is 1. The van der Waals surface area contributed by atoms with Gasteiger partial charge in [0.25, 0.3) is 0 Å². The Morgan fingerprint density at radius 1 is 1.28 bits per heavy atom. The topological polar surface area (TPSA) is 38.5 Å². The van der Waals surface area contributed by atoms with Crippen LogP contribution in [0.25, 0.3) is 0 Å². The van der Waals surface area contributed by atoms with Gasteiger partial charge in [-0.25, -0.2) is 0 Å². The quantitative estimate of drug-likeness (QED) is 0.886. The lowest BCUT2D eigenvalue weighted by Gasteiger charge is -2.34. The van der Waals surface area contributed by atoms with Gasteiger partial charge in [-0.3, -0.25) is 4.90 Å². The van der Waals surface area contributed by atoms with Gasteiger partial charge in [-0.2, -0.15) is 0 Å². The molecule has 2 N–H and O–H groups in total. The first-order valence-corrected chi connectivity index (χ1v) is 6.81. The summed E-state index contributed by atoms with van der Waals surface area (Å²) in [6, 6.07) is 8.54. The summed E-state index contributed by atoms with van der Waals surface area (Å²) in [6.07, 6.45) is 1.15. The molecule has 2 atom stereocenters. The minimum absolute atomic E-state index is 0.327. The highest BCUT2D eigenvalue weighted by atomic mass is 16.5. The van der Waals surface area contributed by atoms with Crippen LogP contribution < -0.4 is 10.5 Å². The molecule has 0 aliphatic carbocycles. The molecule has 0 spiro atoms. The zero-order valence-electron chi connectivity index (χ0n) is 11.4. The van der Waals surface area contributed by atoms with Crippen LogP contribution in [0.4, 0.5) is 0 Å². The van der Waals surface area contributed by atoms with Gasteiger partial charge in [-0.05, 0) is 31.4 Å². The molecule has 100 valence electrons. The molecule has 1 aromatic carbocycles. The number of piperidine rings is 1. The molecule has 1 saturated heterocycles. The second-order valence-electron chi connectivity index (χ2n) is 5.52. The fourth-order valence-corrected chi connectivity index (χ4v) is 2.62. The molecule has 1 heterocycles. The van der Waals surface area contributed by atoms with Crippen molar-refractivity contribution in [2.75, 3.05) is 26.2 Å². The van der Waals surface area contributed by atoms with E-state index in [4.69, 9.17) is 10.5 Å². The third-order valence-electron chi connectivity index (χ3n) is 3.46. The van der Waals surface area contributed by atoms with E-state index in [0.29, 0.717) is 12.0 Å². The van der Waals surface area contributed by atoms with Crippen molar-refractivity contribution in [2.24, 2.45) is 11.7 Å². The minimum Gasteiger partial charge on any atom is -0.492 e. The van der Waals surface area contributed by atoms with Gasteiger partial charge in [0.05, 0.1) is 0 Å². The summed E-state index contributed by atoms with van der Waals surface area (Å²) in [5.74, 6) is 1.66. The molecule has 1 aliphatic heterocycles. The van der Waals surface area contributed by atoms with Crippen molar-refractivity contribution in [2.45, 2.75) is 26.3 Å². The molecule has 1 fully saturated rings. The summed E-state index contributed by atoms with van der Waals surface area (Å²) < 4.78 is 5.75. The summed E-state index contributed by atoms with van der Waals surface area (Å²) in [5, 5.41) is 0. The number of hydrogen-bond donors (Lipinski definition) is 1. The first-order chi connectivity index (χ1) is 8.63. The molecule has 0 aromatic heterocycles. The molecular weight excluding hydrogens is 224 g/mol. The van der Waals surface area contributed by atoms with E-state index < -0.39 is 0 Å². The third-order valence-corrected chi connectivity index (χ3v) is 3.46. The van der Waals surface area contributed by atoms with Crippen LogP contribution in [0.5, 0.6) is 5.75 Å². The van der Waals surface area contributed by atoms with Gasteiger partial charge in [0, 0.05) is 25.7 Å². The van der Waals surface area contributed by atoms with Gasteiger partial charge in [-0.15, -0.1) is 0 Å². The number of aryl methyl sites for hydroxylation is 1. The van der Waals surface area contributed by atoms with Gasteiger partial charge in [0.2, 0.25) is 0 Å². The molecular formula is C15H24N2O. The highest BCUT2D eigenvalue weighted by molar-refractivity contribution is 5.26. The third kappa shape index (κ3) is 4.00. The van der Waals surface area contributed by atoms with E-state index in [1.54, 1.807) is 0 Å². The van der Waals surface area contributed by atoms with Gasteiger partial charge in [0.15, 0.2) is 0 Å². The Balaban J connectivity index is 1.73. The Bertz CT molecular complexity index is 353. The molecule has 0 amide bonds. The lowest BCUT2D eigenvalue weighted by molar-refractivity contribution is 0.140. The maximum atomic E-state index is 6.03. The van der Waals surface area contributed by atoms with Crippen LogP contribution in [0.2, 0.25) is 0 Å². The molecule has 3 nitrogen and oxygen atoms in total. The van der Waals surface area contributed by atoms with Crippen LogP contribution in [0.15, 0.2) is 24.3 Å². The fourth-order valence-electron chi connectivity index (χ4n) is 2.62. The van der Waals surface area contributed by atoms with E-state index in [1.165, 1.54) is 5.56 Å². The number of likely N-dealkylation sites (tertiary alicyclic amines) is 1. The van der Waals surface area contributed by atoms with E-state index in [9.17, 15) is 0 Å². The standard InChI is InChI=1S/C15H24N2O/c1-12-3-5-15(6-4-12)18-8-7-17-10-13(2)9-14(16)11-17/h3-6,13-14H,7-11,16H2,1-2H3. The molecule has 18 heavy (non-hydrogen) atoms. The van der Waals surface area contributed by atoms with Crippen molar-refractivity contribution >= 4 is 0 Å². The van der Waals surface area contributed by atoms with Crippen LogP contribution in [0.3, 0.4) is 0 Å². The zero-order valence-corrected chi connectivity index (χ0v) is 11.4. The lowest BCUT2D eigenvalue weighted by atomic mass is 9.97. The van der Waals surface area contributed by atoms with Crippen LogP contribution >= 0.6 is 0 Å². The number of ether oxygens (including phenoxy) is 1. The maximum absolute atomic E-state index is 6.03. The summed E-state index contributed by atoms with van der Waals surface area (Å²) in [6.45, 7) is 8.20. The first-order valence-electron chi connectivity index (χ1n) is 6.81. The van der Waals surface area contributed by atoms with Gasteiger partial charge < -0.3 is 10.5 Å². The predicted octanol–water partition coefficient (Wildman–Crippen LogP) is 2.04. The Kier molecular flexibility index (Phi) is 4.61. The zero-order chi connectivity index (χ0) is 13.0. The van der Waals surface area contributed by atoms with Crippen LogP contribution in [0.1, 0.15) is 18.9 Å². The molecule has 0 radical (unpaired) electrons. The summed E-state index contributed by atoms with van der Waals surface area (Å²) in [7, 11) is 0. The first kappa shape index (κ1) is 13.4. The second kappa shape index (κ2) is 6.21. The monoisotopic (exact) mass is 248 g/mol. The maximum Gasteiger partial charge on any atom is 0.119 e. The van der Waals surface area contributed by atoms with Gasteiger partial charge >= 0.3 is 0 Å². The second-order valence-corrected chi connectivity index (χ2v) is 5.52. The normalized spacial score (nSPS) is 25.1. The summed E-state index contributed by atoms with van der Waals surface area (Å²) >= 11 is 0. The van der Waals surface area contributed by atoms with Crippen LogP contribution in [-0.2, 0) is 0 Å². The average Bonchev–Trinajstić information content (AvgIpc) is 2.30. The number of nitrogens with zero attached hydrogens (tertiary/aromatic N) is 1. The van der Waals surface area contributed by atoms with E-state index in [2.05, 4.69) is 30.9 Å². The van der Waals surface area contributed by atoms with Crippen molar-refractivity contribution in [3.05, 3.63) is 29.8 Å². The minimum atomic E-state index is 0.327. The largest absolute Gasteiger partial charge is 0.492 e. The molecule has 1 aromatic rings. The Morgan fingerprint density at radius 2 is 2.00 bits per heavy atom. The smallest absolute Gasteiger partial charge is 0.119 e. The number of rotatable bonds is 4. The number of hydrogen-bond acceptors (Lipinski definition) is 3. The van der Waals surface area contributed by atoms with Crippen LogP contribution in [0, 0.1) is 12.8 Å². The molecule has 0 saturated carbocycles. The van der Waals surface area contributed by atoms with E-state index in [-0.39, 0.29) is 0 Å². The lowest BCUT2D eigenvalue weighted by Crippen LogP contribution is -2.47. The fraction of sp³-hybridized carbons (Fsp3) is 0.600. The van der Waals surface area contributed by atoms with E-state index >= 15 is 0 Å². The molecule has 1 aliphatic rings. The van der Waals surface area contributed by atoms with Gasteiger partial charge in [0.1, 0.15) is 12.4 Å². The van der Waals surface area contributed by atoms with Crippen molar-refractivity contribution in [1.29, 1.82) is 0 Å². The molecule has 2 unspecified atom stereocenters. The molecule has 0 bridgehead atoms. The SMILES string of the molecule is Cc1ccc(OCCN2CC(C)CC(N)C2)cc1. The van der Waals surface area contributed by atoms with Crippen molar-refractivity contribution in [3.63, 3.8) is 0 Å². The van der Waals surface area contributed by atoms with E-state index in [0.717, 1.165) is 38.4 Å². The van der Waals surface area contributed by atoms with Crippen molar-refractivity contribution < 1.29 is 4.74 Å². The Labute approximate surface area is 110 Å². The van der Waals surface area contributed by atoms with E-state index in [1.807, 2.05) is 12.1 Å². The Hall–Kier alpha value is -1.06. The molecule has 3 heteroatoms. The summed E-state index contributed by atoms with van der Waals surface area (Å²) in [4.78, 5) is 2.41. The molecule has 2 rings (SSSR count).